The number of carboxylic acids is 1. The van der Waals surface area contributed by atoms with Crippen molar-refractivity contribution in [2.75, 3.05) is 169 Å². The predicted molar refractivity (Wildman–Crippen MR) is 442 cm³/mol. The summed E-state index contributed by atoms with van der Waals surface area (Å²) in [7, 11) is 0. The number of ether oxygens (including phenoxy) is 9. The minimum absolute atomic E-state index is 0.0121. The number of carbonyl (C=O) groups is 9. The molecule has 2 unspecified atom stereocenters. The normalized spacial score (nSPS) is 17.5. The van der Waals surface area contributed by atoms with Crippen molar-refractivity contribution in [3.05, 3.63) is 52.1 Å². The van der Waals surface area contributed by atoms with Gasteiger partial charge in [-0.15, -0.1) is 0 Å². The van der Waals surface area contributed by atoms with E-state index in [0.29, 0.717) is 88.4 Å². The van der Waals surface area contributed by atoms with Crippen molar-refractivity contribution in [2.45, 2.75) is 205 Å². The molecule has 0 aliphatic heterocycles. The van der Waals surface area contributed by atoms with Crippen LogP contribution in [0.4, 0.5) is 11.6 Å². The summed E-state index contributed by atoms with van der Waals surface area (Å²) in [6.07, 6.45) is 21.8. The molecule has 118 heavy (non-hydrogen) atoms. The molecule has 3 aromatic rings. The zero-order valence-electron chi connectivity index (χ0n) is 69.6. The number of fused-ring (bicyclic) bond motifs is 1. The average molecular weight is 1670 g/mol. The molecular formula is C82H136N16O20. The molecule has 0 spiro atoms. The smallest absolute Gasteiger partial charge is 0.326 e. The lowest BCUT2D eigenvalue weighted by molar-refractivity contribution is -0.139. The van der Waals surface area contributed by atoms with Crippen LogP contribution in [0.1, 0.15) is 190 Å². The number of benzene rings is 1. The molecule has 17 N–H and O–H groups in total. The Hall–Kier alpha value is -8.17. The second-order valence-electron chi connectivity index (χ2n) is 31.0. The summed E-state index contributed by atoms with van der Waals surface area (Å²) in [5.74, 6) is -0.874. The third-order valence-corrected chi connectivity index (χ3v) is 21.2. The Morgan fingerprint density at radius 2 is 0.847 bits per heavy atom. The Kier molecular flexibility index (Phi) is 49.1. The third kappa shape index (κ3) is 42.7. The maximum Gasteiger partial charge on any atom is 0.326 e. The van der Waals surface area contributed by atoms with Gasteiger partial charge in [-0.25, -0.2) is 14.8 Å². The fourth-order valence-corrected chi connectivity index (χ4v) is 14.6. The number of aromatic nitrogens is 4. The molecule has 3 aliphatic carbocycles. The lowest BCUT2D eigenvalue weighted by atomic mass is 9.71. The Labute approximate surface area is 693 Å². The Bertz CT molecular complexity index is 3410. The molecule has 2 aromatic heterocycles. The number of amides is 8. The number of H-pyrrole nitrogens is 1. The van der Waals surface area contributed by atoms with Crippen LogP contribution in [-0.4, -0.2) is 260 Å². The average Bonchev–Trinajstić information content (AvgIpc) is 0.828. The van der Waals surface area contributed by atoms with Gasteiger partial charge in [0.05, 0.1) is 137 Å². The van der Waals surface area contributed by atoms with E-state index in [1.54, 1.807) is 12.1 Å². The molecule has 36 heteroatoms. The van der Waals surface area contributed by atoms with E-state index in [4.69, 9.17) is 59.8 Å². The van der Waals surface area contributed by atoms with Crippen LogP contribution in [0.15, 0.2) is 35.3 Å². The van der Waals surface area contributed by atoms with Crippen molar-refractivity contribution < 1.29 is 90.9 Å². The highest BCUT2D eigenvalue weighted by molar-refractivity contribution is 5.97. The molecule has 8 amide bonds. The van der Waals surface area contributed by atoms with Gasteiger partial charge in [0.25, 0.3) is 11.5 Å². The summed E-state index contributed by atoms with van der Waals surface area (Å²) >= 11 is 0. The number of aliphatic carboxylic acids is 1. The quantitative estimate of drug-likeness (QED) is 0.0360. The van der Waals surface area contributed by atoms with E-state index in [9.17, 15) is 53.1 Å². The largest absolute Gasteiger partial charge is 0.480 e. The second kappa shape index (κ2) is 58.7. The number of hydrogen-bond acceptors (Lipinski definition) is 26. The van der Waals surface area contributed by atoms with Gasteiger partial charge in [0.2, 0.25) is 47.3 Å². The van der Waals surface area contributed by atoms with E-state index >= 15 is 0 Å². The lowest BCUT2D eigenvalue weighted by Gasteiger charge is -2.37. The lowest BCUT2D eigenvalue weighted by Crippen LogP contribution is -2.60. The van der Waals surface area contributed by atoms with Crippen molar-refractivity contribution in [3.8, 4) is 0 Å². The minimum atomic E-state index is -1.35. The summed E-state index contributed by atoms with van der Waals surface area (Å²) in [4.78, 5) is 143. The van der Waals surface area contributed by atoms with Crippen LogP contribution in [-0.2, 0) is 87.5 Å². The van der Waals surface area contributed by atoms with E-state index in [2.05, 4.69) is 67.8 Å². The van der Waals surface area contributed by atoms with Crippen LogP contribution in [0.25, 0.3) is 11.2 Å². The summed E-state index contributed by atoms with van der Waals surface area (Å²) in [6, 6.07) is 4.78. The zero-order valence-corrected chi connectivity index (χ0v) is 69.6. The molecule has 3 fully saturated rings. The SMILES string of the molecule is C[C@@H](N)CCC(=O)NCCOCCOCCNC(=O)CCOCC(COCCC(=O)NCCOCCOCCNC(=O)CC[C@H](NC(=O)c1ccc(NCc2cnc3nc(N)[nH]c(=O)c3n2)cc1)C(=O)O)(COCCC(=O)NCCOCCOCCNC(=O)CC[C@@H](C)N)NC(=O)C1CCCC(C2CCCCC(C3CCCC3)CC2)CCC1. The monoisotopic (exact) mass is 1670 g/mol. The number of nitrogens with two attached hydrogens (primary N) is 3. The first kappa shape index (κ1) is 98.7. The van der Waals surface area contributed by atoms with Crippen molar-refractivity contribution in [1.29, 1.82) is 0 Å². The number of nitrogens with one attached hydrogen (secondary N) is 10. The molecule has 5 atom stereocenters. The van der Waals surface area contributed by atoms with Gasteiger partial charge in [0.15, 0.2) is 11.2 Å². The van der Waals surface area contributed by atoms with Gasteiger partial charge >= 0.3 is 5.97 Å². The van der Waals surface area contributed by atoms with Gasteiger partial charge in [0, 0.05) is 107 Å². The number of anilines is 2. The molecule has 664 valence electrons. The first-order valence-corrected chi connectivity index (χ1v) is 42.7. The first-order valence-electron chi connectivity index (χ1n) is 42.7. The molecule has 0 radical (unpaired) electrons. The number of nitrogen functional groups attached to an aromatic ring is 1. The molecule has 3 aliphatic rings. The van der Waals surface area contributed by atoms with Crippen LogP contribution < -0.4 is 70.6 Å². The van der Waals surface area contributed by atoms with Crippen LogP contribution in [0.2, 0.25) is 0 Å². The molecule has 0 bridgehead atoms. The third-order valence-electron chi connectivity index (χ3n) is 21.2. The van der Waals surface area contributed by atoms with Crippen LogP contribution in [0.3, 0.4) is 0 Å². The number of aromatic amines is 1. The predicted octanol–water partition coefficient (Wildman–Crippen LogP) is 3.36. The van der Waals surface area contributed by atoms with Gasteiger partial charge in [-0.2, -0.15) is 4.98 Å². The number of nitrogens with zero attached hydrogens (tertiary/aromatic N) is 3. The van der Waals surface area contributed by atoms with E-state index < -0.39 is 34.9 Å². The Balaban J connectivity index is 0.934. The zero-order chi connectivity index (χ0) is 84.8. The Morgan fingerprint density at radius 1 is 0.475 bits per heavy atom. The van der Waals surface area contributed by atoms with Crippen molar-refractivity contribution in [1.82, 2.24) is 62.5 Å². The topological polar surface area (TPSA) is 515 Å². The summed E-state index contributed by atoms with van der Waals surface area (Å²) in [5, 5.41) is 35.5. The molecular weight excluding hydrogens is 1530 g/mol. The van der Waals surface area contributed by atoms with Crippen molar-refractivity contribution >= 4 is 76.0 Å². The van der Waals surface area contributed by atoms with Gasteiger partial charge in [-0.05, 0) is 107 Å². The fraction of sp³-hybridized carbons (Fsp3) is 0.744. The summed E-state index contributed by atoms with van der Waals surface area (Å²) < 4.78 is 52.4. The van der Waals surface area contributed by atoms with Gasteiger partial charge in [-0.1, -0.05) is 77.0 Å². The van der Waals surface area contributed by atoms with E-state index in [0.717, 1.165) is 50.4 Å². The number of hydrogen-bond donors (Lipinski definition) is 14. The van der Waals surface area contributed by atoms with Crippen molar-refractivity contribution in [3.63, 3.8) is 0 Å². The van der Waals surface area contributed by atoms with E-state index in [1.807, 2.05) is 13.8 Å². The van der Waals surface area contributed by atoms with Crippen LogP contribution in [0, 0.1) is 29.6 Å². The van der Waals surface area contributed by atoms with Gasteiger partial charge in [0.1, 0.15) is 11.6 Å². The molecule has 1 aromatic carbocycles. The van der Waals surface area contributed by atoms with Crippen molar-refractivity contribution in [2.24, 2.45) is 41.1 Å². The molecule has 36 nitrogen and oxygen atoms in total. The number of carboxylic acid groups (broad SMARTS) is 1. The molecule has 2 heterocycles. The van der Waals surface area contributed by atoms with Crippen LogP contribution >= 0.6 is 0 Å². The fourth-order valence-electron chi connectivity index (χ4n) is 14.6. The molecule has 0 saturated heterocycles. The van der Waals surface area contributed by atoms with Gasteiger partial charge in [-0.3, -0.25) is 48.1 Å². The highest BCUT2D eigenvalue weighted by atomic mass is 16.5. The highest BCUT2D eigenvalue weighted by Crippen LogP contribution is 2.43. The van der Waals surface area contributed by atoms with Crippen LogP contribution in [0.5, 0.6) is 0 Å². The summed E-state index contributed by atoms with van der Waals surface area (Å²) in [6.45, 7) is 7.90. The molecule has 6 rings (SSSR count). The minimum Gasteiger partial charge on any atom is -0.480 e. The van der Waals surface area contributed by atoms with E-state index in [1.165, 1.54) is 82.5 Å². The maximum atomic E-state index is 14.8. The Morgan fingerprint density at radius 3 is 1.24 bits per heavy atom. The second-order valence-corrected chi connectivity index (χ2v) is 31.0. The molecule has 3 saturated carbocycles. The standard InChI is InChI=1S/C82H136N16O20/c1-58(83)17-26-69(99)86-32-41-110-47-50-113-44-35-89-72(102)29-38-116-55-82(56-117-39-30-73(103)90-36-45-114-51-48-111-42-33-87-70(100)27-18-59(2)84,98-78(106)64-15-7-13-61(14-8-16-64)63-12-6-5-11-62(19-20-63)60-9-3-4-10-60)57-118-40-31-74(104)91-37-46-115-52-49-112-43-34-88-71(101)28-25-68(80(108)109)95-77(105)65-21-23-66(24-22-65)92-53-67-54-93-76-75(94-67)79(107)97-81(85)96-76/h21-24,54,58-64,68,92H,3-20,25-53,55-57,83-84H2,1-2H3,(H,86,99)(H,87,100)(H,88,101)(H,89,102)(H,90,103)(H,91,104)(H,95,105)(H,98,106)(H,108,109)(H3,85,93,96,97,107)/t58-,59-,61?,62?,63?,64?,68+/m1/s1. The van der Waals surface area contributed by atoms with Gasteiger partial charge < -0.3 is 113 Å². The summed E-state index contributed by atoms with van der Waals surface area (Å²) in [5.41, 5.74) is 16.6. The maximum absolute atomic E-state index is 14.8. The highest BCUT2D eigenvalue weighted by Gasteiger charge is 2.38. The number of carbonyl (C=O) groups excluding carboxylic acids is 8. The first-order chi connectivity index (χ1) is 57.1. The number of rotatable bonds is 61. The van der Waals surface area contributed by atoms with E-state index in [-0.39, 0.29) is 233 Å².